The minimum Gasteiger partial charge on any atom is -0.465 e. The first-order chi connectivity index (χ1) is 9.61. The average Bonchev–Trinajstić information content (AvgIpc) is 2.48. The van der Waals surface area contributed by atoms with Gasteiger partial charge in [-0.25, -0.2) is 9.18 Å². The van der Waals surface area contributed by atoms with Gasteiger partial charge in [0.15, 0.2) is 0 Å². The molecule has 0 aliphatic carbocycles. The summed E-state index contributed by atoms with van der Waals surface area (Å²) in [4.78, 5) is 12.4. The van der Waals surface area contributed by atoms with Gasteiger partial charge in [-0.05, 0) is 30.2 Å². The Bertz CT molecular complexity index is 611. The molecule has 20 heavy (non-hydrogen) atoms. The molecule has 0 N–H and O–H groups in total. The van der Waals surface area contributed by atoms with Crippen molar-refractivity contribution in [2.75, 3.05) is 7.11 Å². The van der Waals surface area contributed by atoms with Gasteiger partial charge in [0, 0.05) is 10.6 Å². The van der Waals surface area contributed by atoms with Crippen molar-refractivity contribution in [1.29, 1.82) is 0 Å². The van der Waals surface area contributed by atoms with Crippen LogP contribution in [0.15, 0.2) is 47.4 Å². The number of benzene rings is 2. The van der Waals surface area contributed by atoms with E-state index in [1.165, 1.54) is 31.0 Å². The number of hydrogen-bond donors (Lipinski definition) is 0. The van der Waals surface area contributed by atoms with Crippen LogP contribution in [0.3, 0.4) is 0 Å². The monoisotopic (exact) mass is 290 g/mol. The lowest BCUT2D eigenvalue weighted by molar-refractivity contribution is 0.0599. The predicted octanol–water partition coefficient (Wildman–Crippen LogP) is 4.21. The number of hydrogen-bond acceptors (Lipinski definition) is 3. The highest BCUT2D eigenvalue weighted by atomic mass is 32.2. The van der Waals surface area contributed by atoms with Crippen LogP contribution in [0.2, 0.25) is 0 Å². The smallest absolute Gasteiger partial charge is 0.338 e. The molecule has 0 saturated carbocycles. The first kappa shape index (κ1) is 14.6. The Kier molecular flexibility index (Phi) is 4.79. The van der Waals surface area contributed by atoms with Crippen LogP contribution in [0.25, 0.3) is 0 Å². The van der Waals surface area contributed by atoms with Crippen molar-refractivity contribution in [1.82, 2.24) is 0 Å². The van der Waals surface area contributed by atoms with Gasteiger partial charge in [-0.1, -0.05) is 30.3 Å². The molecule has 0 bridgehead atoms. The Hall–Kier alpha value is -1.81. The third-order valence-electron chi connectivity index (χ3n) is 2.97. The predicted molar refractivity (Wildman–Crippen MR) is 78.5 cm³/mol. The third kappa shape index (κ3) is 3.39. The zero-order valence-corrected chi connectivity index (χ0v) is 12.2. The van der Waals surface area contributed by atoms with Gasteiger partial charge in [0.25, 0.3) is 0 Å². The molecule has 0 aromatic heterocycles. The Balaban J connectivity index is 2.23. The van der Waals surface area contributed by atoms with Gasteiger partial charge >= 0.3 is 5.97 Å². The van der Waals surface area contributed by atoms with Crippen LogP contribution >= 0.6 is 11.8 Å². The van der Waals surface area contributed by atoms with E-state index in [2.05, 4.69) is 4.74 Å². The van der Waals surface area contributed by atoms with Crippen LogP contribution in [0.4, 0.5) is 4.39 Å². The lowest BCUT2D eigenvalue weighted by Gasteiger charge is -2.10. The first-order valence-electron chi connectivity index (χ1n) is 6.17. The second-order valence-electron chi connectivity index (χ2n) is 4.34. The highest BCUT2D eigenvalue weighted by Crippen LogP contribution is 2.29. The molecule has 0 fully saturated rings. The number of halogens is 1. The maximum Gasteiger partial charge on any atom is 0.338 e. The number of ether oxygens (including phenoxy) is 1. The average molecular weight is 290 g/mol. The highest BCUT2D eigenvalue weighted by molar-refractivity contribution is 7.98. The van der Waals surface area contributed by atoms with E-state index in [9.17, 15) is 9.18 Å². The third-order valence-corrected chi connectivity index (χ3v) is 4.18. The van der Waals surface area contributed by atoms with Crippen LogP contribution in [0, 0.1) is 12.7 Å². The molecule has 0 radical (unpaired) electrons. The van der Waals surface area contributed by atoms with Crippen LogP contribution in [-0.2, 0) is 10.5 Å². The molecular weight excluding hydrogens is 275 g/mol. The lowest BCUT2D eigenvalue weighted by Crippen LogP contribution is -2.05. The highest BCUT2D eigenvalue weighted by Gasteiger charge is 2.14. The van der Waals surface area contributed by atoms with Gasteiger partial charge in [0.1, 0.15) is 5.82 Å². The molecule has 0 aliphatic rings. The minimum atomic E-state index is -0.511. The molecule has 2 aromatic carbocycles. The number of carbonyl (C=O) groups is 1. The SMILES string of the molecule is COC(=O)c1cc(F)cc(SCc2ccccc2)c1C. The van der Waals surface area contributed by atoms with Crippen LogP contribution in [0.5, 0.6) is 0 Å². The van der Waals surface area contributed by atoms with Crippen molar-refractivity contribution >= 4 is 17.7 Å². The van der Waals surface area contributed by atoms with Gasteiger partial charge < -0.3 is 4.74 Å². The van der Waals surface area contributed by atoms with Crippen molar-refractivity contribution in [3.63, 3.8) is 0 Å². The number of carbonyl (C=O) groups excluding carboxylic acids is 1. The second-order valence-corrected chi connectivity index (χ2v) is 5.36. The fourth-order valence-corrected chi connectivity index (χ4v) is 2.90. The topological polar surface area (TPSA) is 26.3 Å². The summed E-state index contributed by atoms with van der Waals surface area (Å²) < 4.78 is 18.3. The van der Waals surface area contributed by atoms with E-state index in [0.29, 0.717) is 0 Å². The molecule has 0 aliphatic heterocycles. The molecule has 2 aromatic rings. The van der Waals surface area contributed by atoms with Crippen molar-refractivity contribution < 1.29 is 13.9 Å². The van der Waals surface area contributed by atoms with Crippen LogP contribution in [0.1, 0.15) is 21.5 Å². The molecule has 0 saturated heterocycles. The molecule has 0 atom stereocenters. The van der Waals surface area contributed by atoms with Gasteiger partial charge in [-0.2, -0.15) is 0 Å². The normalized spacial score (nSPS) is 10.3. The Morgan fingerprint density at radius 3 is 2.60 bits per heavy atom. The van der Waals surface area contributed by atoms with Gasteiger partial charge in [0.2, 0.25) is 0 Å². The standard InChI is InChI=1S/C16H15FO2S/c1-11-14(16(18)19-2)8-13(17)9-15(11)20-10-12-6-4-3-5-7-12/h3-9H,10H2,1-2H3. The zero-order chi connectivity index (χ0) is 14.5. The summed E-state index contributed by atoms with van der Waals surface area (Å²) in [5.41, 5.74) is 2.18. The van der Waals surface area contributed by atoms with Crippen LogP contribution < -0.4 is 0 Å². The van der Waals surface area contributed by atoms with Crippen molar-refractivity contribution in [3.8, 4) is 0 Å². The molecule has 0 spiro atoms. The zero-order valence-electron chi connectivity index (χ0n) is 11.4. The summed E-state index contributed by atoms with van der Waals surface area (Å²) in [6, 6.07) is 12.6. The van der Waals surface area contributed by atoms with E-state index in [1.807, 2.05) is 30.3 Å². The number of methoxy groups -OCH3 is 1. The molecule has 0 heterocycles. The van der Waals surface area contributed by atoms with Crippen molar-refractivity contribution in [3.05, 3.63) is 65.0 Å². The fourth-order valence-electron chi connectivity index (χ4n) is 1.86. The van der Waals surface area contributed by atoms with Gasteiger partial charge in [0.05, 0.1) is 12.7 Å². The molecule has 104 valence electrons. The Morgan fingerprint density at radius 2 is 1.95 bits per heavy atom. The summed E-state index contributed by atoms with van der Waals surface area (Å²) in [6.07, 6.45) is 0. The molecular formula is C16H15FO2S. The molecule has 0 unspecified atom stereocenters. The summed E-state index contributed by atoms with van der Waals surface area (Å²) >= 11 is 1.51. The maximum absolute atomic E-state index is 13.6. The van der Waals surface area contributed by atoms with E-state index < -0.39 is 11.8 Å². The van der Waals surface area contributed by atoms with E-state index in [0.717, 1.165) is 21.8 Å². The van der Waals surface area contributed by atoms with Crippen LogP contribution in [-0.4, -0.2) is 13.1 Å². The molecule has 4 heteroatoms. The molecule has 2 rings (SSSR count). The minimum absolute atomic E-state index is 0.281. The molecule has 0 amide bonds. The first-order valence-corrected chi connectivity index (χ1v) is 7.15. The van der Waals surface area contributed by atoms with Crippen molar-refractivity contribution in [2.24, 2.45) is 0 Å². The van der Waals surface area contributed by atoms with Crippen molar-refractivity contribution in [2.45, 2.75) is 17.6 Å². The number of rotatable bonds is 4. The Labute approximate surface area is 122 Å². The summed E-state index contributed by atoms with van der Waals surface area (Å²) in [6.45, 7) is 1.80. The second kappa shape index (κ2) is 6.57. The molecule has 2 nitrogen and oxygen atoms in total. The van der Waals surface area contributed by atoms with E-state index in [4.69, 9.17) is 0 Å². The van der Waals surface area contributed by atoms with E-state index >= 15 is 0 Å². The van der Waals surface area contributed by atoms with E-state index in [1.54, 1.807) is 6.92 Å². The largest absolute Gasteiger partial charge is 0.465 e. The van der Waals surface area contributed by atoms with Gasteiger partial charge in [-0.3, -0.25) is 0 Å². The maximum atomic E-state index is 13.6. The van der Waals surface area contributed by atoms with E-state index in [-0.39, 0.29) is 5.56 Å². The van der Waals surface area contributed by atoms with Gasteiger partial charge in [-0.15, -0.1) is 11.8 Å². The number of esters is 1. The summed E-state index contributed by atoms with van der Waals surface area (Å²) in [7, 11) is 1.30. The fraction of sp³-hybridized carbons (Fsp3) is 0.188. The lowest BCUT2D eigenvalue weighted by atomic mass is 10.1. The quantitative estimate of drug-likeness (QED) is 0.623. The summed E-state index contributed by atoms with van der Waals surface area (Å²) in [5.74, 6) is -0.207. The Morgan fingerprint density at radius 1 is 1.25 bits per heavy atom. The number of thioether (sulfide) groups is 1. The summed E-state index contributed by atoms with van der Waals surface area (Å²) in [5, 5.41) is 0.